The second kappa shape index (κ2) is 17.1. The van der Waals surface area contributed by atoms with Crippen LogP contribution < -0.4 is 27.0 Å². The van der Waals surface area contributed by atoms with Crippen molar-refractivity contribution in [2.24, 2.45) is 5.73 Å². The lowest BCUT2D eigenvalue weighted by molar-refractivity contribution is -0.142. The second-order valence-electron chi connectivity index (χ2n) is 10.2. The van der Waals surface area contributed by atoms with Gasteiger partial charge in [0.25, 0.3) is 11.8 Å². The van der Waals surface area contributed by atoms with Crippen LogP contribution in [0.5, 0.6) is 0 Å². The molecule has 1 aliphatic heterocycles. The van der Waals surface area contributed by atoms with Gasteiger partial charge < -0.3 is 31.7 Å². The maximum atomic E-state index is 12.8. The highest BCUT2D eigenvalue weighted by molar-refractivity contribution is 6.12. The summed E-state index contributed by atoms with van der Waals surface area (Å²) in [6, 6.07) is 2.91. The molecule has 0 saturated heterocycles. The molecule has 0 aliphatic carbocycles. The quantitative estimate of drug-likeness (QED) is 0.0869. The molecule has 0 fully saturated rings. The number of hydrogen-bond donors (Lipinski definition) is 5. The first-order chi connectivity index (χ1) is 20.8. The smallest absolute Gasteiger partial charge is 0.302 e. The summed E-state index contributed by atoms with van der Waals surface area (Å²) in [7, 11) is 0. The highest BCUT2D eigenvalue weighted by Crippen LogP contribution is 2.12. The number of nitrogens with two attached hydrogens (primary N) is 1. The summed E-state index contributed by atoms with van der Waals surface area (Å²) in [5, 5.41) is 9.96. The van der Waals surface area contributed by atoms with Crippen LogP contribution in [0.3, 0.4) is 0 Å². The Morgan fingerprint density at radius 1 is 0.818 bits per heavy atom. The van der Waals surface area contributed by atoms with Crippen LogP contribution in [0.15, 0.2) is 36.4 Å². The van der Waals surface area contributed by atoms with Crippen LogP contribution in [-0.4, -0.2) is 76.9 Å². The molecule has 3 atom stereocenters. The molecule has 0 radical (unpaired) electrons. The third-order valence-electron chi connectivity index (χ3n) is 6.41. The van der Waals surface area contributed by atoms with Crippen molar-refractivity contribution in [3.05, 3.63) is 42.0 Å². The molecule has 0 spiro atoms. The Morgan fingerprint density at radius 2 is 1.41 bits per heavy atom. The molecule has 7 amide bonds. The van der Waals surface area contributed by atoms with Crippen molar-refractivity contribution in [3.8, 4) is 0 Å². The van der Waals surface area contributed by atoms with Gasteiger partial charge in [-0.2, -0.15) is 0 Å². The fraction of sp³-hybridized carbons (Fsp3) is 0.448. The maximum absolute atomic E-state index is 12.8. The number of carbonyl (C=O) groups is 8. The SMILES string of the molecule is CC(=O)OCc1ccc(NC(=O)[C@H](CC(N)=O)NC(=O)[C@H](C)NC(=O)[C@H](C)NC(=O)CCCCCN2C(=O)C=CC2=O)cc1. The van der Waals surface area contributed by atoms with E-state index in [0.717, 1.165) is 4.90 Å². The Bertz CT molecular complexity index is 1280. The number of unbranched alkanes of at least 4 members (excludes halogenated alkanes) is 2. The van der Waals surface area contributed by atoms with E-state index in [2.05, 4.69) is 21.3 Å². The molecular formula is C29H38N6O9. The summed E-state index contributed by atoms with van der Waals surface area (Å²) in [6.45, 7) is 4.41. The summed E-state index contributed by atoms with van der Waals surface area (Å²) in [5.74, 6) is -4.52. The van der Waals surface area contributed by atoms with Gasteiger partial charge in [-0.05, 0) is 44.4 Å². The van der Waals surface area contributed by atoms with E-state index in [1.54, 1.807) is 24.3 Å². The lowest BCUT2D eigenvalue weighted by Gasteiger charge is -2.22. The number of esters is 1. The topological polar surface area (TPSA) is 223 Å². The van der Waals surface area contributed by atoms with Crippen molar-refractivity contribution in [1.29, 1.82) is 0 Å². The summed E-state index contributed by atoms with van der Waals surface area (Å²) < 4.78 is 4.91. The Kier molecular flexibility index (Phi) is 13.7. The lowest BCUT2D eigenvalue weighted by Crippen LogP contribution is -2.55. The van der Waals surface area contributed by atoms with Crippen LogP contribution in [0.1, 0.15) is 58.4 Å². The third kappa shape index (κ3) is 12.0. The molecule has 238 valence electrons. The summed E-state index contributed by atoms with van der Waals surface area (Å²) >= 11 is 0. The van der Waals surface area contributed by atoms with Crippen LogP contribution >= 0.6 is 0 Å². The molecule has 44 heavy (non-hydrogen) atoms. The molecular weight excluding hydrogens is 576 g/mol. The molecule has 1 aromatic rings. The zero-order valence-electron chi connectivity index (χ0n) is 24.8. The van der Waals surface area contributed by atoms with Gasteiger partial charge in [0.2, 0.25) is 29.5 Å². The minimum absolute atomic E-state index is 0.0567. The van der Waals surface area contributed by atoms with Crippen LogP contribution in [0.2, 0.25) is 0 Å². The van der Waals surface area contributed by atoms with Gasteiger partial charge in [-0.15, -0.1) is 0 Å². The molecule has 6 N–H and O–H groups in total. The Morgan fingerprint density at radius 3 is 2.00 bits per heavy atom. The number of rotatable bonds is 17. The van der Waals surface area contributed by atoms with E-state index < -0.39 is 60.1 Å². The molecule has 0 saturated carbocycles. The van der Waals surface area contributed by atoms with Crippen molar-refractivity contribution in [3.63, 3.8) is 0 Å². The standard InChI is InChI=1S/C29H38N6O9/c1-17(31-24(38)7-5-4-6-14-35-25(39)12-13-26(35)40)27(41)32-18(2)28(42)34-22(15-23(30)37)29(43)33-21-10-8-20(9-11-21)16-44-19(3)36/h8-13,17-18,22H,4-7,14-16H2,1-3H3,(H2,30,37)(H,31,38)(H,32,41)(H,33,43)(H,34,42)/t17-,18-,22-/m0/s1. The number of imide groups is 1. The van der Waals surface area contributed by atoms with Gasteiger partial charge in [0, 0.05) is 37.7 Å². The van der Waals surface area contributed by atoms with Crippen molar-refractivity contribution in [1.82, 2.24) is 20.9 Å². The number of hydrogen-bond acceptors (Lipinski definition) is 9. The Labute approximate surface area is 254 Å². The number of ether oxygens (including phenoxy) is 1. The first-order valence-corrected chi connectivity index (χ1v) is 14.0. The molecule has 1 aliphatic rings. The molecule has 0 unspecified atom stereocenters. The molecule has 0 bridgehead atoms. The van der Waals surface area contributed by atoms with Crippen molar-refractivity contribution in [2.75, 3.05) is 11.9 Å². The van der Waals surface area contributed by atoms with Crippen molar-refractivity contribution < 1.29 is 43.1 Å². The van der Waals surface area contributed by atoms with E-state index >= 15 is 0 Å². The summed E-state index contributed by atoms with van der Waals surface area (Å²) in [4.78, 5) is 97.1. The average molecular weight is 615 g/mol. The first kappa shape index (κ1) is 35.1. The van der Waals surface area contributed by atoms with Gasteiger partial charge in [-0.25, -0.2) is 0 Å². The number of amides is 7. The summed E-state index contributed by atoms with van der Waals surface area (Å²) in [6.07, 6.45) is 3.63. The minimum Gasteiger partial charge on any atom is -0.461 e. The highest BCUT2D eigenvalue weighted by atomic mass is 16.5. The normalized spacial score (nSPS) is 14.3. The van der Waals surface area contributed by atoms with Crippen LogP contribution in [0.4, 0.5) is 5.69 Å². The summed E-state index contributed by atoms with van der Waals surface area (Å²) in [5.41, 5.74) is 6.29. The van der Waals surface area contributed by atoms with Gasteiger partial charge in [0.15, 0.2) is 0 Å². The predicted octanol–water partition coefficient (Wildman–Crippen LogP) is -0.457. The lowest BCUT2D eigenvalue weighted by atomic mass is 10.1. The van der Waals surface area contributed by atoms with Gasteiger partial charge >= 0.3 is 5.97 Å². The maximum Gasteiger partial charge on any atom is 0.302 e. The van der Waals surface area contributed by atoms with E-state index in [-0.39, 0.29) is 31.4 Å². The molecule has 2 rings (SSSR count). The zero-order chi connectivity index (χ0) is 32.8. The number of nitrogens with zero attached hydrogens (tertiary/aromatic N) is 1. The third-order valence-corrected chi connectivity index (χ3v) is 6.41. The van der Waals surface area contributed by atoms with Gasteiger partial charge in [-0.1, -0.05) is 18.6 Å². The Balaban J connectivity index is 1.78. The number of carbonyl (C=O) groups excluding carboxylic acids is 8. The molecule has 1 heterocycles. The van der Waals surface area contributed by atoms with E-state index in [0.29, 0.717) is 30.5 Å². The first-order valence-electron chi connectivity index (χ1n) is 14.0. The van der Waals surface area contributed by atoms with Crippen LogP contribution in [-0.2, 0) is 49.7 Å². The number of benzene rings is 1. The van der Waals surface area contributed by atoms with E-state index in [9.17, 15) is 38.4 Å². The number of nitrogens with one attached hydrogen (secondary N) is 4. The van der Waals surface area contributed by atoms with Gasteiger partial charge in [0.1, 0.15) is 24.7 Å². The average Bonchev–Trinajstić information content (AvgIpc) is 3.28. The largest absolute Gasteiger partial charge is 0.461 e. The van der Waals surface area contributed by atoms with Gasteiger partial charge in [-0.3, -0.25) is 43.3 Å². The monoisotopic (exact) mass is 614 g/mol. The van der Waals surface area contributed by atoms with Crippen LogP contribution in [0.25, 0.3) is 0 Å². The number of anilines is 1. The fourth-order valence-electron chi connectivity index (χ4n) is 3.97. The number of primary amides is 1. The van der Waals surface area contributed by atoms with E-state index in [1.165, 1.54) is 32.9 Å². The van der Waals surface area contributed by atoms with Crippen LogP contribution in [0, 0.1) is 0 Å². The van der Waals surface area contributed by atoms with E-state index in [4.69, 9.17) is 10.5 Å². The molecule has 15 heteroatoms. The highest BCUT2D eigenvalue weighted by Gasteiger charge is 2.27. The van der Waals surface area contributed by atoms with Crippen molar-refractivity contribution >= 4 is 53.0 Å². The molecule has 1 aromatic carbocycles. The molecule has 15 nitrogen and oxygen atoms in total. The van der Waals surface area contributed by atoms with E-state index in [1.807, 2.05) is 0 Å². The van der Waals surface area contributed by atoms with Crippen molar-refractivity contribution in [2.45, 2.75) is 77.6 Å². The predicted molar refractivity (Wildman–Crippen MR) is 156 cm³/mol. The second-order valence-corrected chi connectivity index (χ2v) is 10.2. The van der Waals surface area contributed by atoms with Gasteiger partial charge in [0.05, 0.1) is 6.42 Å². The Hall–Kier alpha value is -5.08. The fourth-order valence-corrected chi connectivity index (χ4v) is 3.97. The molecule has 0 aromatic heterocycles. The zero-order valence-corrected chi connectivity index (χ0v) is 24.8. The minimum atomic E-state index is -1.34.